The summed E-state index contributed by atoms with van der Waals surface area (Å²) in [5, 5.41) is 12.3. The van der Waals surface area contributed by atoms with Gasteiger partial charge in [-0.2, -0.15) is 0 Å². The summed E-state index contributed by atoms with van der Waals surface area (Å²) in [7, 11) is 1.54. The number of aromatic amines is 1. The number of fused-ring (bicyclic) bond motifs is 1. The largest absolute Gasteiger partial charge is 0.507 e. The van der Waals surface area contributed by atoms with E-state index in [2.05, 4.69) is 20.9 Å². The van der Waals surface area contributed by atoms with E-state index >= 15 is 0 Å². The molecule has 8 heteroatoms. The Hall–Kier alpha value is -4.04. The number of carbonyl (C=O) groups is 2. The molecule has 3 aromatic carbocycles. The van der Waals surface area contributed by atoms with E-state index in [4.69, 9.17) is 9.47 Å². The number of carbonyl (C=O) groups excluding carboxylic acids is 2. The topological polar surface area (TPSA) is 91.9 Å². The molecule has 36 heavy (non-hydrogen) atoms. The van der Waals surface area contributed by atoms with E-state index in [0.717, 1.165) is 10.9 Å². The van der Waals surface area contributed by atoms with E-state index in [1.807, 2.05) is 31.2 Å². The van der Waals surface area contributed by atoms with E-state index in [1.54, 1.807) is 55.8 Å². The molecule has 4 aromatic rings. The van der Waals surface area contributed by atoms with E-state index < -0.39 is 17.7 Å². The van der Waals surface area contributed by atoms with Gasteiger partial charge >= 0.3 is 0 Å². The van der Waals surface area contributed by atoms with Gasteiger partial charge in [0.15, 0.2) is 0 Å². The predicted octanol–water partition coefficient (Wildman–Crippen LogP) is 5.96. The van der Waals surface area contributed by atoms with Crippen molar-refractivity contribution in [1.82, 2.24) is 4.98 Å². The van der Waals surface area contributed by atoms with Crippen molar-refractivity contribution in [2.45, 2.75) is 13.0 Å². The second-order valence-corrected chi connectivity index (χ2v) is 9.09. The number of nitrogens with zero attached hydrogens (tertiary/aromatic N) is 1. The van der Waals surface area contributed by atoms with Crippen molar-refractivity contribution >= 4 is 50.0 Å². The Balaban J connectivity index is 1.75. The summed E-state index contributed by atoms with van der Waals surface area (Å²) >= 11 is 3.43. The number of H-pyrrole nitrogens is 1. The average Bonchev–Trinajstić information content (AvgIpc) is 3.42. The molecule has 0 saturated carbocycles. The second kappa shape index (κ2) is 9.54. The minimum Gasteiger partial charge on any atom is -0.507 e. The Labute approximate surface area is 216 Å². The molecule has 1 amide bonds. The number of ether oxygens (including phenoxy) is 2. The van der Waals surface area contributed by atoms with Gasteiger partial charge in [0, 0.05) is 40.0 Å². The SMILES string of the molecule is CCOc1cccc(N2C(=O)C(=O)/C(=C(/O)c3ccc(OC)c(Br)c3)C2c2c[nH]c3ccccc23)c1. The fourth-order valence-corrected chi connectivity index (χ4v) is 5.11. The maximum Gasteiger partial charge on any atom is 0.300 e. The van der Waals surface area contributed by atoms with E-state index in [-0.39, 0.29) is 11.3 Å². The Morgan fingerprint density at radius 3 is 2.64 bits per heavy atom. The smallest absolute Gasteiger partial charge is 0.300 e. The normalized spacial score (nSPS) is 17.1. The quantitative estimate of drug-likeness (QED) is 0.177. The van der Waals surface area contributed by atoms with Crippen LogP contribution >= 0.6 is 15.9 Å². The summed E-state index contributed by atoms with van der Waals surface area (Å²) in [6.45, 7) is 2.33. The molecule has 2 heterocycles. The average molecular weight is 547 g/mol. The molecule has 0 radical (unpaired) electrons. The van der Waals surface area contributed by atoms with Gasteiger partial charge in [-0.05, 0) is 59.3 Å². The highest BCUT2D eigenvalue weighted by Crippen LogP contribution is 2.45. The van der Waals surface area contributed by atoms with Crippen LogP contribution < -0.4 is 14.4 Å². The number of hydrogen-bond donors (Lipinski definition) is 2. The first-order chi connectivity index (χ1) is 17.4. The number of hydrogen-bond acceptors (Lipinski definition) is 5. The van der Waals surface area contributed by atoms with Crippen LogP contribution in [0, 0.1) is 0 Å². The molecule has 182 valence electrons. The Bertz CT molecular complexity index is 1520. The van der Waals surface area contributed by atoms with Crippen molar-refractivity contribution in [3.05, 3.63) is 94.1 Å². The first-order valence-electron chi connectivity index (χ1n) is 11.4. The van der Waals surface area contributed by atoms with Gasteiger partial charge in [-0.15, -0.1) is 0 Å². The van der Waals surface area contributed by atoms with Crippen LogP contribution in [0.3, 0.4) is 0 Å². The standard InChI is InChI=1S/C28H23BrN2O5/c1-3-36-18-8-6-7-17(14-18)31-25(20-15-30-22-10-5-4-9-19(20)22)24(27(33)28(31)34)26(32)16-11-12-23(35-2)21(29)13-16/h4-15,25,30,32H,3H2,1-2H3/b26-24+. The monoisotopic (exact) mass is 546 g/mol. The molecule has 1 fully saturated rings. The molecule has 1 aliphatic rings. The Morgan fingerprint density at radius 2 is 1.89 bits per heavy atom. The molecular weight excluding hydrogens is 524 g/mol. The lowest BCUT2D eigenvalue weighted by molar-refractivity contribution is -0.132. The molecule has 1 atom stereocenters. The van der Waals surface area contributed by atoms with E-state index in [0.29, 0.717) is 39.4 Å². The summed E-state index contributed by atoms with van der Waals surface area (Å²) in [5.74, 6) is -0.610. The highest BCUT2D eigenvalue weighted by molar-refractivity contribution is 9.10. The summed E-state index contributed by atoms with van der Waals surface area (Å²) in [6.07, 6.45) is 1.78. The molecule has 2 N–H and O–H groups in total. The lowest BCUT2D eigenvalue weighted by Crippen LogP contribution is -2.29. The van der Waals surface area contributed by atoms with Crippen LogP contribution in [0.25, 0.3) is 16.7 Å². The van der Waals surface area contributed by atoms with E-state index in [9.17, 15) is 14.7 Å². The Kier molecular flexibility index (Phi) is 6.28. The highest BCUT2D eigenvalue weighted by atomic mass is 79.9. The third-order valence-electron chi connectivity index (χ3n) is 6.19. The Morgan fingerprint density at radius 1 is 1.08 bits per heavy atom. The van der Waals surface area contributed by atoms with Gasteiger partial charge in [-0.3, -0.25) is 14.5 Å². The van der Waals surface area contributed by atoms with Crippen LogP contribution in [0.15, 0.2) is 83.0 Å². The molecule has 0 bridgehead atoms. The van der Waals surface area contributed by atoms with Crippen LogP contribution in [0.1, 0.15) is 24.1 Å². The third kappa shape index (κ3) is 3.93. The van der Waals surface area contributed by atoms with Crippen LogP contribution in [0.4, 0.5) is 5.69 Å². The van der Waals surface area contributed by atoms with Crippen LogP contribution in [0.5, 0.6) is 11.5 Å². The molecule has 1 unspecified atom stereocenters. The number of nitrogens with one attached hydrogen (secondary N) is 1. The number of Topliss-reactive ketones (excluding diaryl/α,β-unsaturated/α-hetero) is 1. The van der Waals surface area contributed by atoms with Crippen molar-refractivity contribution in [2.24, 2.45) is 0 Å². The summed E-state index contributed by atoms with van der Waals surface area (Å²) in [5.41, 5.74) is 2.43. The maximum absolute atomic E-state index is 13.5. The summed E-state index contributed by atoms with van der Waals surface area (Å²) in [6, 6.07) is 18.8. The number of para-hydroxylation sites is 1. The number of rotatable bonds is 6. The molecule has 1 saturated heterocycles. The van der Waals surface area contributed by atoms with Crippen LogP contribution in [0.2, 0.25) is 0 Å². The van der Waals surface area contributed by atoms with Crippen molar-refractivity contribution in [1.29, 1.82) is 0 Å². The first-order valence-corrected chi connectivity index (χ1v) is 12.2. The summed E-state index contributed by atoms with van der Waals surface area (Å²) < 4.78 is 11.5. The molecule has 5 rings (SSSR count). The molecule has 1 aromatic heterocycles. The number of anilines is 1. The van der Waals surface area contributed by atoms with Crippen LogP contribution in [-0.2, 0) is 9.59 Å². The number of aliphatic hydroxyl groups is 1. The number of benzene rings is 3. The fourth-order valence-electron chi connectivity index (χ4n) is 4.57. The van der Waals surface area contributed by atoms with Gasteiger partial charge < -0.3 is 19.6 Å². The predicted molar refractivity (Wildman–Crippen MR) is 141 cm³/mol. The van der Waals surface area contributed by atoms with Gasteiger partial charge in [-0.25, -0.2) is 0 Å². The van der Waals surface area contributed by atoms with Gasteiger partial charge in [0.05, 0.1) is 29.8 Å². The lowest BCUT2D eigenvalue weighted by atomic mass is 9.94. The van der Waals surface area contributed by atoms with E-state index in [1.165, 1.54) is 4.90 Å². The zero-order valence-electron chi connectivity index (χ0n) is 19.6. The van der Waals surface area contributed by atoms with Crippen molar-refractivity contribution in [2.75, 3.05) is 18.6 Å². The highest BCUT2D eigenvalue weighted by Gasteiger charge is 2.47. The fraction of sp³-hybridized carbons (Fsp3) is 0.143. The lowest BCUT2D eigenvalue weighted by Gasteiger charge is -2.25. The van der Waals surface area contributed by atoms with Crippen molar-refractivity contribution in [3.8, 4) is 11.5 Å². The molecule has 0 aliphatic carbocycles. The van der Waals surface area contributed by atoms with Gasteiger partial charge in [0.1, 0.15) is 17.3 Å². The minimum atomic E-state index is -0.862. The minimum absolute atomic E-state index is 0.00336. The maximum atomic E-state index is 13.5. The van der Waals surface area contributed by atoms with Gasteiger partial charge in [0.2, 0.25) is 0 Å². The zero-order chi connectivity index (χ0) is 25.4. The number of amides is 1. The molecular formula is C28H23BrN2O5. The number of halogens is 1. The second-order valence-electron chi connectivity index (χ2n) is 8.24. The first kappa shape index (κ1) is 23.7. The number of aromatic nitrogens is 1. The summed E-state index contributed by atoms with van der Waals surface area (Å²) in [4.78, 5) is 31.6. The molecule has 1 aliphatic heterocycles. The van der Waals surface area contributed by atoms with Crippen LogP contribution in [-0.4, -0.2) is 35.5 Å². The van der Waals surface area contributed by atoms with Gasteiger partial charge in [0.25, 0.3) is 11.7 Å². The molecule has 0 spiro atoms. The zero-order valence-corrected chi connectivity index (χ0v) is 21.2. The van der Waals surface area contributed by atoms with Crippen molar-refractivity contribution < 1.29 is 24.2 Å². The van der Waals surface area contributed by atoms with Gasteiger partial charge in [-0.1, -0.05) is 24.3 Å². The van der Waals surface area contributed by atoms with Crippen molar-refractivity contribution in [3.63, 3.8) is 0 Å². The third-order valence-corrected chi connectivity index (χ3v) is 6.81. The number of ketones is 1. The molecule has 7 nitrogen and oxygen atoms in total. The number of methoxy groups -OCH3 is 1. The number of aliphatic hydroxyl groups excluding tert-OH is 1.